The highest BCUT2D eigenvalue weighted by Crippen LogP contribution is 2.33. The van der Waals surface area contributed by atoms with Gasteiger partial charge >= 0.3 is 6.03 Å². The summed E-state index contributed by atoms with van der Waals surface area (Å²) < 4.78 is 16.3. The summed E-state index contributed by atoms with van der Waals surface area (Å²) in [5, 5.41) is 11.7. The van der Waals surface area contributed by atoms with Gasteiger partial charge in [0.25, 0.3) is 5.56 Å². The molecule has 4 N–H and O–H groups in total. The molecule has 1 unspecified atom stereocenters. The lowest BCUT2D eigenvalue weighted by Crippen LogP contribution is -2.35. The fraction of sp³-hybridized carbons (Fsp3) is 0.214. The summed E-state index contributed by atoms with van der Waals surface area (Å²) in [7, 11) is 0. The Labute approximate surface area is 252 Å². The maximum atomic E-state index is 14.7. The van der Waals surface area contributed by atoms with Crippen LogP contribution in [0.5, 0.6) is 0 Å². The molecule has 5 rings (SSSR count). The molecule has 0 bridgehead atoms. The van der Waals surface area contributed by atoms with Crippen LogP contribution in [0, 0.1) is 5.82 Å². The molecular formula is C28H28Cl3FN6O3. The fourth-order valence-corrected chi connectivity index (χ4v) is 4.88. The number of anilines is 3. The molecule has 216 valence electrons. The number of nitrogens with one attached hydrogen (secondary N) is 4. The molecule has 1 saturated heterocycles. The molecule has 2 aromatic heterocycles. The van der Waals surface area contributed by atoms with Gasteiger partial charge in [-0.1, -0.05) is 29.8 Å². The summed E-state index contributed by atoms with van der Waals surface area (Å²) in [5.41, 5.74) is 1.09. The van der Waals surface area contributed by atoms with Crippen molar-refractivity contribution in [2.75, 3.05) is 22.5 Å². The molecule has 0 radical (unpaired) electrons. The minimum atomic E-state index is -0.748. The molecule has 41 heavy (non-hydrogen) atoms. The number of urea groups is 1. The fourth-order valence-electron chi connectivity index (χ4n) is 4.63. The first-order valence-corrected chi connectivity index (χ1v) is 12.9. The zero-order valence-electron chi connectivity index (χ0n) is 21.9. The number of carbonyl (C=O) groups is 2. The van der Waals surface area contributed by atoms with Gasteiger partial charge in [-0.2, -0.15) is 0 Å². The van der Waals surface area contributed by atoms with Crippen molar-refractivity contribution in [1.29, 1.82) is 0 Å². The van der Waals surface area contributed by atoms with Crippen molar-refractivity contribution in [3.05, 3.63) is 82.0 Å². The van der Waals surface area contributed by atoms with E-state index in [-0.39, 0.29) is 64.2 Å². The van der Waals surface area contributed by atoms with Gasteiger partial charge in [-0.25, -0.2) is 14.2 Å². The summed E-state index contributed by atoms with van der Waals surface area (Å²) in [6, 6.07) is 13.5. The van der Waals surface area contributed by atoms with E-state index in [4.69, 9.17) is 11.6 Å². The summed E-state index contributed by atoms with van der Waals surface area (Å²) >= 11 is 6.38. The first kappa shape index (κ1) is 31.8. The summed E-state index contributed by atoms with van der Waals surface area (Å²) in [5.74, 6) is -0.579. The molecule has 1 aliphatic heterocycles. The quantitative estimate of drug-likeness (QED) is 0.209. The normalized spacial score (nSPS) is 14.1. The number of fused-ring (bicyclic) bond motifs is 1. The monoisotopic (exact) mass is 620 g/mol. The van der Waals surface area contributed by atoms with Crippen LogP contribution in [-0.4, -0.2) is 34.1 Å². The standard InChI is InChI=1S/C28H26ClFN6O3.2ClH/c1-2-36-24-14-25(35-26(37)22-9-6-10-31-22)32-15-16(24)11-19(27(36)38)18-12-23(21(30)13-20(18)29)34-28(39)33-17-7-4-3-5-8-17;;/h3-5,7-8,11-15,22,31H,2,6,9-10H2,1H3,(H,32,35,37)(H2,33,34,39);2*1H. The van der Waals surface area contributed by atoms with E-state index >= 15 is 0 Å². The number of benzene rings is 2. The average molecular weight is 622 g/mol. The van der Waals surface area contributed by atoms with Crippen LogP contribution < -0.4 is 26.8 Å². The molecule has 3 heterocycles. The molecule has 0 aliphatic carbocycles. The number of rotatable bonds is 6. The Bertz CT molecular complexity index is 1630. The number of nitrogens with zero attached hydrogens (tertiary/aromatic N) is 2. The maximum Gasteiger partial charge on any atom is 0.323 e. The first-order valence-electron chi connectivity index (χ1n) is 12.5. The van der Waals surface area contributed by atoms with Crippen molar-refractivity contribution in [3.8, 4) is 11.1 Å². The van der Waals surface area contributed by atoms with E-state index in [0.29, 0.717) is 29.0 Å². The Morgan fingerprint density at radius 1 is 1.07 bits per heavy atom. The van der Waals surface area contributed by atoms with Crippen LogP contribution in [0.25, 0.3) is 22.0 Å². The SMILES string of the molecule is CCn1c(=O)c(-c2cc(NC(=O)Nc3ccccc3)c(F)cc2Cl)cc2cnc(NC(=O)C3CCCN3)cc21.Cl.Cl. The second-order valence-electron chi connectivity index (χ2n) is 9.13. The maximum absolute atomic E-state index is 14.7. The molecule has 2 aromatic carbocycles. The van der Waals surface area contributed by atoms with E-state index in [9.17, 15) is 18.8 Å². The van der Waals surface area contributed by atoms with Crippen LogP contribution >= 0.6 is 36.4 Å². The number of aryl methyl sites for hydroxylation is 1. The average Bonchev–Trinajstić information content (AvgIpc) is 3.46. The Kier molecular flexibility index (Phi) is 10.7. The van der Waals surface area contributed by atoms with E-state index in [1.807, 2.05) is 6.92 Å². The number of amides is 3. The highest BCUT2D eigenvalue weighted by molar-refractivity contribution is 6.33. The highest BCUT2D eigenvalue weighted by atomic mass is 35.5. The molecular weight excluding hydrogens is 594 g/mol. The van der Waals surface area contributed by atoms with E-state index in [1.54, 1.807) is 48.7 Å². The van der Waals surface area contributed by atoms with E-state index in [0.717, 1.165) is 25.5 Å². The predicted molar refractivity (Wildman–Crippen MR) is 165 cm³/mol. The largest absolute Gasteiger partial charge is 0.323 e. The number of pyridine rings is 2. The lowest BCUT2D eigenvalue weighted by Gasteiger charge is -2.15. The molecule has 3 amide bonds. The third-order valence-electron chi connectivity index (χ3n) is 6.55. The van der Waals surface area contributed by atoms with Gasteiger partial charge in [-0.05, 0) is 56.6 Å². The van der Waals surface area contributed by atoms with Crippen LogP contribution in [-0.2, 0) is 11.3 Å². The van der Waals surface area contributed by atoms with Crippen LogP contribution in [0.15, 0.2) is 65.6 Å². The zero-order valence-corrected chi connectivity index (χ0v) is 24.3. The molecule has 1 aliphatic rings. The lowest BCUT2D eigenvalue weighted by atomic mass is 10.0. The number of hydrogen-bond donors (Lipinski definition) is 4. The van der Waals surface area contributed by atoms with Gasteiger partial charge in [0.1, 0.15) is 11.6 Å². The highest BCUT2D eigenvalue weighted by Gasteiger charge is 2.23. The van der Waals surface area contributed by atoms with Gasteiger partial charge in [-0.15, -0.1) is 24.8 Å². The van der Waals surface area contributed by atoms with E-state index in [1.165, 1.54) is 10.6 Å². The predicted octanol–water partition coefficient (Wildman–Crippen LogP) is 6.05. The van der Waals surface area contributed by atoms with Gasteiger partial charge in [0.05, 0.1) is 22.3 Å². The van der Waals surface area contributed by atoms with Crippen molar-refractivity contribution in [2.24, 2.45) is 0 Å². The molecule has 9 nitrogen and oxygen atoms in total. The van der Waals surface area contributed by atoms with Crippen molar-refractivity contribution in [3.63, 3.8) is 0 Å². The Morgan fingerprint density at radius 3 is 2.51 bits per heavy atom. The van der Waals surface area contributed by atoms with Gasteiger partial charge < -0.3 is 25.8 Å². The van der Waals surface area contributed by atoms with Gasteiger partial charge in [-0.3, -0.25) is 9.59 Å². The number of hydrogen-bond acceptors (Lipinski definition) is 5. The van der Waals surface area contributed by atoms with Crippen LogP contribution in [0.1, 0.15) is 19.8 Å². The zero-order chi connectivity index (χ0) is 27.5. The van der Waals surface area contributed by atoms with Gasteiger partial charge in [0.15, 0.2) is 0 Å². The first-order chi connectivity index (χ1) is 18.8. The number of carbonyl (C=O) groups excluding carboxylic acids is 2. The van der Waals surface area contributed by atoms with Crippen LogP contribution in [0.2, 0.25) is 5.02 Å². The molecule has 13 heteroatoms. The van der Waals surface area contributed by atoms with Crippen molar-refractivity contribution in [2.45, 2.75) is 32.4 Å². The third kappa shape index (κ3) is 6.97. The molecule has 1 atom stereocenters. The Morgan fingerprint density at radius 2 is 1.83 bits per heavy atom. The summed E-state index contributed by atoms with van der Waals surface area (Å²) in [4.78, 5) is 42.9. The Balaban J connectivity index is 0.00000231. The second kappa shape index (κ2) is 13.8. The number of aromatic nitrogens is 2. The molecule has 0 saturated carbocycles. The second-order valence-corrected chi connectivity index (χ2v) is 9.54. The van der Waals surface area contributed by atoms with Gasteiger partial charge in [0, 0.05) is 41.0 Å². The number of halogens is 4. The van der Waals surface area contributed by atoms with E-state index < -0.39 is 11.8 Å². The van der Waals surface area contributed by atoms with Crippen molar-refractivity contribution < 1.29 is 14.0 Å². The lowest BCUT2D eigenvalue weighted by molar-refractivity contribution is -0.117. The number of para-hydroxylation sites is 1. The minimum Gasteiger partial charge on any atom is -0.309 e. The van der Waals surface area contributed by atoms with Crippen LogP contribution in [0.4, 0.5) is 26.4 Å². The topological polar surface area (TPSA) is 117 Å². The summed E-state index contributed by atoms with van der Waals surface area (Å²) in [6.45, 7) is 2.94. The molecule has 4 aromatic rings. The van der Waals surface area contributed by atoms with Gasteiger partial charge in [0.2, 0.25) is 5.91 Å². The smallest absolute Gasteiger partial charge is 0.309 e. The van der Waals surface area contributed by atoms with Crippen LogP contribution in [0.3, 0.4) is 0 Å². The Hall–Kier alpha value is -3.70. The van der Waals surface area contributed by atoms with Crippen molar-refractivity contribution in [1.82, 2.24) is 14.9 Å². The molecule has 0 spiro atoms. The van der Waals surface area contributed by atoms with E-state index in [2.05, 4.69) is 26.3 Å². The minimum absolute atomic E-state index is 0. The van der Waals surface area contributed by atoms with Crippen molar-refractivity contribution >= 4 is 76.4 Å². The summed E-state index contributed by atoms with van der Waals surface area (Å²) in [6.07, 6.45) is 3.25. The molecule has 1 fully saturated rings. The third-order valence-corrected chi connectivity index (χ3v) is 6.86.